The summed E-state index contributed by atoms with van der Waals surface area (Å²) in [6.45, 7) is 7.62. The summed E-state index contributed by atoms with van der Waals surface area (Å²) in [6, 6.07) is 12.9. The van der Waals surface area contributed by atoms with Gasteiger partial charge in [-0.05, 0) is 18.6 Å². The summed E-state index contributed by atoms with van der Waals surface area (Å²) < 4.78 is 5.11. The lowest BCUT2D eigenvalue weighted by Crippen LogP contribution is -2.34. The normalized spacial score (nSPS) is 13.5. The maximum absolute atomic E-state index is 5.11. The van der Waals surface area contributed by atoms with Crippen LogP contribution in [0.15, 0.2) is 53.3 Å². The molecule has 0 saturated carbocycles. The highest BCUT2D eigenvalue weighted by Crippen LogP contribution is 2.23. The van der Waals surface area contributed by atoms with Gasteiger partial charge in [0.05, 0.1) is 12.5 Å². The van der Waals surface area contributed by atoms with E-state index >= 15 is 0 Å². The average molecular weight is 243 g/mol. The molecule has 0 amide bonds. The lowest BCUT2D eigenvalue weighted by atomic mass is 9.84. The van der Waals surface area contributed by atoms with Gasteiger partial charge < -0.3 is 9.73 Å². The van der Waals surface area contributed by atoms with E-state index in [1.165, 1.54) is 11.1 Å². The van der Waals surface area contributed by atoms with Crippen molar-refractivity contribution < 1.29 is 4.42 Å². The van der Waals surface area contributed by atoms with Crippen molar-refractivity contribution in [3.63, 3.8) is 0 Å². The van der Waals surface area contributed by atoms with Crippen LogP contribution in [0, 0.1) is 0 Å². The standard InChI is InChI=1S/C16H21NO/c1-13(14-9-10-18-11-14)17-12-16(2,3)15-7-5-4-6-8-15/h4-11,13,17H,12H2,1-3H3. The Balaban J connectivity index is 1.97. The lowest BCUT2D eigenvalue weighted by Gasteiger charge is -2.27. The molecule has 2 rings (SSSR count). The van der Waals surface area contributed by atoms with Gasteiger partial charge in [0.1, 0.15) is 0 Å². The minimum Gasteiger partial charge on any atom is -0.472 e. The van der Waals surface area contributed by atoms with Crippen LogP contribution in [-0.2, 0) is 5.41 Å². The van der Waals surface area contributed by atoms with Crippen molar-refractivity contribution >= 4 is 0 Å². The summed E-state index contributed by atoms with van der Waals surface area (Å²) in [6.07, 6.45) is 3.52. The van der Waals surface area contributed by atoms with E-state index in [9.17, 15) is 0 Å². The number of nitrogens with one attached hydrogen (secondary N) is 1. The predicted molar refractivity (Wildman–Crippen MR) is 74.6 cm³/mol. The number of benzene rings is 1. The van der Waals surface area contributed by atoms with Crippen LogP contribution in [0.2, 0.25) is 0 Å². The molecule has 18 heavy (non-hydrogen) atoms. The van der Waals surface area contributed by atoms with E-state index in [0.29, 0.717) is 6.04 Å². The second-order valence-corrected chi connectivity index (χ2v) is 5.41. The molecule has 1 N–H and O–H groups in total. The molecular formula is C16H21NO. The molecule has 0 fully saturated rings. The van der Waals surface area contributed by atoms with Crippen LogP contribution in [-0.4, -0.2) is 6.54 Å². The molecule has 1 aromatic carbocycles. The summed E-state index contributed by atoms with van der Waals surface area (Å²) >= 11 is 0. The van der Waals surface area contributed by atoms with Crippen molar-refractivity contribution in [1.82, 2.24) is 5.32 Å². The van der Waals surface area contributed by atoms with Gasteiger partial charge in [0.25, 0.3) is 0 Å². The van der Waals surface area contributed by atoms with Crippen LogP contribution < -0.4 is 5.32 Å². The monoisotopic (exact) mass is 243 g/mol. The first-order chi connectivity index (χ1) is 8.59. The minimum absolute atomic E-state index is 0.124. The van der Waals surface area contributed by atoms with Crippen LogP contribution in [0.4, 0.5) is 0 Å². The molecule has 2 nitrogen and oxygen atoms in total. The van der Waals surface area contributed by atoms with Crippen molar-refractivity contribution in [2.45, 2.75) is 32.2 Å². The van der Waals surface area contributed by atoms with Crippen LogP contribution in [0.5, 0.6) is 0 Å². The zero-order valence-corrected chi connectivity index (χ0v) is 11.3. The van der Waals surface area contributed by atoms with Crippen molar-refractivity contribution in [2.24, 2.45) is 0 Å². The number of hydrogen-bond donors (Lipinski definition) is 1. The highest BCUT2D eigenvalue weighted by molar-refractivity contribution is 5.24. The molecule has 2 heteroatoms. The quantitative estimate of drug-likeness (QED) is 0.861. The van der Waals surface area contributed by atoms with E-state index in [4.69, 9.17) is 4.42 Å². The maximum atomic E-state index is 5.11. The van der Waals surface area contributed by atoms with Gasteiger partial charge in [-0.25, -0.2) is 0 Å². The molecule has 0 saturated heterocycles. The molecule has 96 valence electrons. The second-order valence-electron chi connectivity index (χ2n) is 5.41. The minimum atomic E-state index is 0.124. The van der Waals surface area contributed by atoms with Crippen molar-refractivity contribution in [1.29, 1.82) is 0 Å². The Labute approximate surface area is 109 Å². The highest BCUT2D eigenvalue weighted by atomic mass is 16.3. The molecule has 1 unspecified atom stereocenters. The molecule has 0 spiro atoms. The Morgan fingerprint density at radius 1 is 1.17 bits per heavy atom. The van der Waals surface area contributed by atoms with Crippen LogP contribution >= 0.6 is 0 Å². The summed E-state index contributed by atoms with van der Waals surface area (Å²) in [5.74, 6) is 0. The third-order valence-electron chi connectivity index (χ3n) is 3.45. The second kappa shape index (κ2) is 5.40. The summed E-state index contributed by atoms with van der Waals surface area (Å²) in [5, 5.41) is 3.56. The van der Waals surface area contributed by atoms with E-state index in [0.717, 1.165) is 6.54 Å². The van der Waals surface area contributed by atoms with E-state index in [1.54, 1.807) is 12.5 Å². The van der Waals surface area contributed by atoms with E-state index in [-0.39, 0.29) is 5.41 Å². The molecule has 1 heterocycles. The Bertz CT molecular complexity index is 459. The number of furan rings is 1. The average Bonchev–Trinajstić information content (AvgIpc) is 2.91. The zero-order chi connectivity index (χ0) is 13.0. The Kier molecular flexibility index (Phi) is 3.87. The molecule has 2 aromatic rings. The van der Waals surface area contributed by atoms with Gasteiger partial charge in [-0.2, -0.15) is 0 Å². The van der Waals surface area contributed by atoms with E-state index in [2.05, 4.69) is 56.4 Å². The van der Waals surface area contributed by atoms with Crippen LogP contribution in [0.3, 0.4) is 0 Å². The first-order valence-corrected chi connectivity index (χ1v) is 6.40. The SMILES string of the molecule is CC(NCC(C)(C)c1ccccc1)c1ccoc1. The molecule has 0 radical (unpaired) electrons. The number of rotatable bonds is 5. The van der Waals surface area contributed by atoms with Gasteiger partial charge in [-0.3, -0.25) is 0 Å². The predicted octanol–water partition coefficient (Wildman–Crippen LogP) is 3.91. The van der Waals surface area contributed by atoms with Gasteiger partial charge in [0.15, 0.2) is 0 Å². The van der Waals surface area contributed by atoms with Crippen LogP contribution in [0.1, 0.15) is 37.9 Å². The van der Waals surface area contributed by atoms with E-state index in [1.807, 2.05) is 6.07 Å². The van der Waals surface area contributed by atoms with Crippen LogP contribution in [0.25, 0.3) is 0 Å². The first-order valence-electron chi connectivity index (χ1n) is 6.40. The zero-order valence-electron chi connectivity index (χ0n) is 11.3. The Morgan fingerprint density at radius 2 is 1.89 bits per heavy atom. The fraction of sp³-hybridized carbons (Fsp3) is 0.375. The third-order valence-corrected chi connectivity index (χ3v) is 3.45. The number of hydrogen-bond acceptors (Lipinski definition) is 2. The molecule has 0 aliphatic rings. The van der Waals surface area contributed by atoms with Gasteiger partial charge in [0.2, 0.25) is 0 Å². The smallest absolute Gasteiger partial charge is 0.0950 e. The highest BCUT2D eigenvalue weighted by Gasteiger charge is 2.21. The molecular weight excluding hydrogens is 222 g/mol. The van der Waals surface area contributed by atoms with Crippen molar-refractivity contribution in [2.75, 3.05) is 6.54 Å². The largest absolute Gasteiger partial charge is 0.472 e. The third kappa shape index (κ3) is 3.02. The Hall–Kier alpha value is -1.54. The molecule has 1 atom stereocenters. The van der Waals surface area contributed by atoms with Crippen molar-refractivity contribution in [3.8, 4) is 0 Å². The Morgan fingerprint density at radius 3 is 2.50 bits per heavy atom. The molecule has 0 aliphatic carbocycles. The molecule has 1 aromatic heterocycles. The topological polar surface area (TPSA) is 25.2 Å². The fourth-order valence-corrected chi connectivity index (χ4v) is 2.04. The fourth-order valence-electron chi connectivity index (χ4n) is 2.04. The van der Waals surface area contributed by atoms with Gasteiger partial charge in [-0.15, -0.1) is 0 Å². The lowest BCUT2D eigenvalue weighted by molar-refractivity contribution is 0.433. The van der Waals surface area contributed by atoms with E-state index < -0.39 is 0 Å². The summed E-state index contributed by atoms with van der Waals surface area (Å²) in [7, 11) is 0. The summed E-state index contributed by atoms with van der Waals surface area (Å²) in [4.78, 5) is 0. The first kappa shape index (κ1) is 12.9. The molecule has 0 bridgehead atoms. The van der Waals surface area contributed by atoms with Gasteiger partial charge in [-0.1, -0.05) is 44.2 Å². The van der Waals surface area contributed by atoms with Gasteiger partial charge >= 0.3 is 0 Å². The van der Waals surface area contributed by atoms with Gasteiger partial charge in [0, 0.05) is 23.6 Å². The van der Waals surface area contributed by atoms with Crippen molar-refractivity contribution in [3.05, 3.63) is 60.1 Å². The summed E-state index contributed by atoms with van der Waals surface area (Å²) in [5.41, 5.74) is 2.68. The molecule has 0 aliphatic heterocycles. The maximum Gasteiger partial charge on any atom is 0.0950 e.